The third kappa shape index (κ3) is 5.71. The molecule has 192 valence electrons. The van der Waals surface area contributed by atoms with Gasteiger partial charge in [-0.15, -0.1) is 0 Å². The Morgan fingerprint density at radius 1 is 1.06 bits per heavy atom. The molecule has 0 radical (unpaired) electrons. The van der Waals surface area contributed by atoms with Crippen LogP contribution in [0.2, 0.25) is 0 Å². The largest absolute Gasteiger partial charge is 0.507 e. The maximum Gasteiger partial charge on any atom is 0.295 e. The van der Waals surface area contributed by atoms with Gasteiger partial charge in [0.25, 0.3) is 11.7 Å². The molecule has 2 aromatic carbocycles. The molecule has 8 heteroatoms. The number of carbonyl (C=O) groups excluding carboxylic acids is 2. The number of likely N-dealkylation sites (tertiary alicyclic amines) is 1. The van der Waals surface area contributed by atoms with E-state index in [1.54, 1.807) is 48.4 Å². The summed E-state index contributed by atoms with van der Waals surface area (Å²) in [5.41, 5.74) is 1.26. The molecule has 2 heterocycles. The van der Waals surface area contributed by atoms with Gasteiger partial charge in [0.05, 0.1) is 38.5 Å². The Morgan fingerprint density at radius 2 is 1.81 bits per heavy atom. The number of aliphatic hydroxyl groups is 1. The first kappa shape index (κ1) is 25.7. The van der Waals surface area contributed by atoms with Gasteiger partial charge in [-0.1, -0.05) is 31.2 Å². The second kappa shape index (κ2) is 12.1. The zero-order valence-corrected chi connectivity index (χ0v) is 20.9. The number of methoxy groups -OCH3 is 1. The van der Waals surface area contributed by atoms with E-state index in [1.807, 2.05) is 19.1 Å². The van der Waals surface area contributed by atoms with Crippen LogP contribution < -0.4 is 9.47 Å². The molecule has 1 amide bonds. The lowest BCUT2D eigenvalue weighted by atomic mass is 9.95. The minimum atomic E-state index is -0.694. The average Bonchev–Trinajstić information content (AvgIpc) is 3.17. The summed E-state index contributed by atoms with van der Waals surface area (Å²) in [5.74, 6) is -0.213. The van der Waals surface area contributed by atoms with E-state index in [1.165, 1.54) is 0 Å². The van der Waals surface area contributed by atoms with Crippen molar-refractivity contribution in [3.63, 3.8) is 0 Å². The fourth-order valence-electron chi connectivity index (χ4n) is 4.64. The molecule has 0 aliphatic carbocycles. The van der Waals surface area contributed by atoms with Crippen LogP contribution in [0.3, 0.4) is 0 Å². The van der Waals surface area contributed by atoms with Crippen molar-refractivity contribution < 1.29 is 28.9 Å². The number of aliphatic hydroxyl groups excluding tert-OH is 1. The standard InChI is InChI=1S/C28H34N2O6/c1-3-16-36-23-7-4-6-21(19-23)26(31)24-25(20-8-10-22(34-2)11-9-20)30(28(33)27(24)32)13-5-12-29-14-17-35-18-15-29/h4,6-11,19,25,31H,3,5,12-18H2,1-2H3/b26-24+. The Kier molecular flexibility index (Phi) is 8.61. The monoisotopic (exact) mass is 494 g/mol. The fraction of sp³-hybridized carbons (Fsp3) is 0.429. The second-order valence-corrected chi connectivity index (χ2v) is 8.95. The van der Waals surface area contributed by atoms with Gasteiger partial charge in [-0.25, -0.2) is 0 Å². The van der Waals surface area contributed by atoms with Crippen molar-refractivity contribution in [1.82, 2.24) is 9.80 Å². The van der Waals surface area contributed by atoms with Crippen molar-refractivity contribution in [3.05, 3.63) is 65.2 Å². The van der Waals surface area contributed by atoms with Crippen LogP contribution in [0.15, 0.2) is 54.1 Å². The summed E-state index contributed by atoms with van der Waals surface area (Å²) in [6, 6.07) is 13.5. The van der Waals surface area contributed by atoms with Crippen LogP contribution in [0.4, 0.5) is 0 Å². The van der Waals surface area contributed by atoms with Crippen LogP contribution in [0, 0.1) is 0 Å². The first-order chi connectivity index (χ1) is 17.5. The molecule has 2 aromatic rings. The normalized spacial score (nSPS) is 20.1. The lowest BCUT2D eigenvalue weighted by molar-refractivity contribution is -0.140. The van der Waals surface area contributed by atoms with Gasteiger partial charge in [0.15, 0.2) is 0 Å². The number of hydrogen-bond acceptors (Lipinski definition) is 7. The van der Waals surface area contributed by atoms with Gasteiger partial charge in [-0.3, -0.25) is 14.5 Å². The highest BCUT2D eigenvalue weighted by atomic mass is 16.5. The summed E-state index contributed by atoms with van der Waals surface area (Å²) in [6.45, 7) is 6.89. The van der Waals surface area contributed by atoms with Gasteiger partial charge >= 0.3 is 0 Å². The molecule has 0 saturated carbocycles. The summed E-state index contributed by atoms with van der Waals surface area (Å²) in [7, 11) is 1.58. The molecule has 2 aliphatic heterocycles. The van der Waals surface area contributed by atoms with Gasteiger partial charge in [-0.2, -0.15) is 0 Å². The third-order valence-electron chi connectivity index (χ3n) is 6.53. The Bertz CT molecular complexity index is 1090. The number of nitrogens with zero attached hydrogens (tertiary/aromatic N) is 2. The van der Waals surface area contributed by atoms with Gasteiger partial charge in [0, 0.05) is 31.7 Å². The van der Waals surface area contributed by atoms with Gasteiger partial charge in [-0.05, 0) is 42.7 Å². The zero-order valence-electron chi connectivity index (χ0n) is 20.9. The second-order valence-electron chi connectivity index (χ2n) is 8.95. The summed E-state index contributed by atoms with van der Waals surface area (Å²) >= 11 is 0. The molecular formula is C28H34N2O6. The maximum absolute atomic E-state index is 13.3. The van der Waals surface area contributed by atoms with Crippen molar-refractivity contribution in [2.24, 2.45) is 0 Å². The predicted molar refractivity (Wildman–Crippen MR) is 136 cm³/mol. The highest BCUT2D eigenvalue weighted by Crippen LogP contribution is 2.40. The van der Waals surface area contributed by atoms with Crippen LogP contribution in [0.5, 0.6) is 11.5 Å². The van der Waals surface area contributed by atoms with Crippen LogP contribution >= 0.6 is 0 Å². The van der Waals surface area contributed by atoms with Crippen LogP contribution in [0.1, 0.15) is 36.9 Å². The van der Waals surface area contributed by atoms with E-state index in [4.69, 9.17) is 14.2 Å². The maximum atomic E-state index is 13.3. The minimum absolute atomic E-state index is 0.0872. The molecular weight excluding hydrogens is 460 g/mol. The lowest BCUT2D eigenvalue weighted by Gasteiger charge is -2.29. The van der Waals surface area contributed by atoms with Gasteiger partial charge < -0.3 is 24.2 Å². The van der Waals surface area contributed by atoms with Crippen molar-refractivity contribution >= 4 is 17.4 Å². The Hall–Kier alpha value is -3.36. The third-order valence-corrected chi connectivity index (χ3v) is 6.53. The number of hydrogen-bond donors (Lipinski definition) is 1. The summed E-state index contributed by atoms with van der Waals surface area (Å²) in [5, 5.41) is 11.3. The average molecular weight is 495 g/mol. The molecule has 2 saturated heterocycles. The summed E-state index contributed by atoms with van der Waals surface area (Å²) < 4.78 is 16.4. The number of ketones is 1. The Labute approximate surface area is 212 Å². The Morgan fingerprint density at radius 3 is 2.50 bits per heavy atom. The number of morpholine rings is 1. The smallest absolute Gasteiger partial charge is 0.295 e. The topological polar surface area (TPSA) is 88.5 Å². The van der Waals surface area contributed by atoms with Crippen molar-refractivity contribution in [1.29, 1.82) is 0 Å². The van der Waals surface area contributed by atoms with E-state index < -0.39 is 17.7 Å². The van der Waals surface area contributed by atoms with E-state index in [0.29, 0.717) is 49.8 Å². The molecule has 1 N–H and O–H groups in total. The minimum Gasteiger partial charge on any atom is -0.507 e. The molecule has 1 atom stereocenters. The first-order valence-electron chi connectivity index (χ1n) is 12.5. The van der Waals surface area contributed by atoms with E-state index in [-0.39, 0.29) is 11.3 Å². The highest BCUT2D eigenvalue weighted by molar-refractivity contribution is 6.46. The van der Waals surface area contributed by atoms with E-state index >= 15 is 0 Å². The lowest BCUT2D eigenvalue weighted by Crippen LogP contribution is -2.38. The first-order valence-corrected chi connectivity index (χ1v) is 12.5. The molecule has 2 fully saturated rings. The number of amides is 1. The molecule has 8 nitrogen and oxygen atoms in total. The van der Waals surface area contributed by atoms with Crippen LogP contribution in [-0.4, -0.2) is 79.7 Å². The quantitative estimate of drug-likeness (QED) is 0.307. The number of ether oxygens (including phenoxy) is 3. The van der Waals surface area contributed by atoms with Crippen LogP contribution in [-0.2, 0) is 14.3 Å². The SMILES string of the molecule is CCCOc1cccc(/C(O)=C2\C(=O)C(=O)N(CCCN3CCOCC3)C2c2ccc(OC)cc2)c1. The fourth-order valence-corrected chi connectivity index (χ4v) is 4.64. The molecule has 2 aliphatic rings. The molecule has 1 unspecified atom stereocenters. The molecule has 36 heavy (non-hydrogen) atoms. The van der Waals surface area contributed by atoms with E-state index in [9.17, 15) is 14.7 Å². The molecule has 0 spiro atoms. The summed E-state index contributed by atoms with van der Waals surface area (Å²) in [6.07, 6.45) is 1.56. The predicted octanol–water partition coefficient (Wildman–Crippen LogP) is 3.63. The number of carbonyl (C=O) groups is 2. The van der Waals surface area contributed by atoms with Gasteiger partial charge in [0.2, 0.25) is 0 Å². The van der Waals surface area contributed by atoms with Crippen molar-refractivity contribution in [2.45, 2.75) is 25.8 Å². The number of Topliss-reactive ketones (excluding diaryl/α,β-unsaturated/α-hetero) is 1. The van der Waals surface area contributed by atoms with E-state index in [2.05, 4.69) is 4.90 Å². The molecule has 4 rings (SSSR count). The number of benzene rings is 2. The zero-order chi connectivity index (χ0) is 25.5. The van der Waals surface area contributed by atoms with Gasteiger partial charge in [0.1, 0.15) is 17.3 Å². The summed E-state index contributed by atoms with van der Waals surface area (Å²) in [4.78, 5) is 30.3. The molecule has 0 aromatic heterocycles. The number of rotatable bonds is 10. The highest BCUT2D eigenvalue weighted by Gasteiger charge is 2.45. The van der Waals surface area contributed by atoms with Crippen LogP contribution in [0.25, 0.3) is 5.76 Å². The Balaban J connectivity index is 1.66. The molecule has 0 bridgehead atoms. The van der Waals surface area contributed by atoms with Crippen molar-refractivity contribution in [3.8, 4) is 11.5 Å². The van der Waals surface area contributed by atoms with E-state index in [0.717, 1.165) is 31.6 Å². The van der Waals surface area contributed by atoms with Crippen molar-refractivity contribution in [2.75, 3.05) is 53.1 Å².